The molecule has 104 valence electrons. The highest BCUT2D eigenvalue weighted by Crippen LogP contribution is 2.20. The monoisotopic (exact) mass is 284 g/mol. The molecule has 3 unspecified atom stereocenters. The van der Waals surface area contributed by atoms with Gasteiger partial charge in [-0.05, 0) is 17.9 Å². The zero-order valence-electron chi connectivity index (χ0n) is 10.5. The van der Waals surface area contributed by atoms with Gasteiger partial charge in [0.05, 0.1) is 12.1 Å². The number of carboxylic acids is 1. The third-order valence-corrected chi connectivity index (χ3v) is 4.04. The van der Waals surface area contributed by atoms with Gasteiger partial charge in [-0.25, -0.2) is 4.79 Å². The molecule has 6 nitrogen and oxygen atoms in total. The van der Waals surface area contributed by atoms with E-state index in [4.69, 9.17) is 4.74 Å². The fourth-order valence-corrected chi connectivity index (χ4v) is 2.80. The summed E-state index contributed by atoms with van der Waals surface area (Å²) in [5, 5.41) is 16.5. The molecule has 3 N–H and O–H groups in total. The standard InChI is InChI=1S/C12H16N2O4S/c1-18-7-5-8(13-6-7)11(15)14-10(12(16)17)9-3-2-4-19-9/h2-4,7-8,10,13H,5-6H2,1H3,(H,14,15)(H,16,17). The molecule has 7 heteroatoms. The van der Waals surface area contributed by atoms with Gasteiger partial charge in [0, 0.05) is 18.5 Å². The Kier molecular flexibility index (Phi) is 4.52. The first-order valence-electron chi connectivity index (χ1n) is 5.94. The summed E-state index contributed by atoms with van der Waals surface area (Å²) in [7, 11) is 1.60. The Labute approximate surface area is 114 Å². The van der Waals surface area contributed by atoms with Crippen LogP contribution in [0.4, 0.5) is 0 Å². The molecule has 0 saturated carbocycles. The number of carboxylic acid groups (broad SMARTS) is 1. The Hall–Kier alpha value is -1.44. The molecule has 1 fully saturated rings. The van der Waals surface area contributed by atoms with E-state index in [2.05, 4.69) is 10.6 Å². The lowest BCUT2D eigenvalue weighted by molar-refractivity contribution is -0.142. The SMILES string of the molecule is COC1CNC(C(=O)NC(C(=O)O)c2cccs2)C1. The molecule has 1 aromatic rings. The van der Waals surface area contributed by atoms with Gasteiger partial charge in [0.1, 0.15) is 0 Å². The van der Waals surface area contributed by atoms with E-state index in [-0.39, 0.29) is 12.0 Å². The van der Waals surface area contributed by atoms with Crippen LogP contribution in [0.25, 0.3) is 0 Å². The Morgan fingerprint density at radius 2 is 2.42 bits per heavy atom. The Balaban J connectivity index is 1.98. The average molecular weight is 284 g/mol. The second-order valence-corrected chi connectivity index (χ2v) is 5.33. The minimum atomic E-state index is -1.06. The molecule has 0 radical (unpaired) electrons. The molecule has 0 aromatic carbocycles. The molecule has 1 aromatic heterocycles. The quantitative estimate of drug-likeness (QED) is 0.727. The largest absolute Gasteiger partial charge is 0.479 e. The number of aliphatic carboxylic acids is 1. The lowest BCUT2D eigenvalue weighted by atomic mass is 10.1. The van der Waals surface area contributed by atoms with Crippen molar-refractivity contribution in [3.8, 4) is 0 Å². The molecule has 1 saturated heterocycles. The third kappa shape index (κ3) is 3.31. The summed E-state index contributed by atoms with van der Waals surface area (Å²) in [5.74, 6) is -1.36. The van der Waals surface area contributed by atoms with Gasteiger partial charge in [0.25, 0.3) is 0 Å². The molecule has 1 amide bonds. The maximum Gasteiger partial charge on any atom is 0.331 e. The van der Waals surface area contributed by atoms with Gasteiger partial charge in [-0.15, -0.1) is 11.3 Å². The maximum atomic E-state index is 12.0. The molecule has 2 rings (SSSR count). The molecule has 0 spiro atoms. The molecule has 19 heavy (non-hydrogen) atoms. The average Bonchev–Trinajstić information content (AvgIpc) is 3.05. The topological polar surface area (TPSA) is 87.7 Å². The Morgan fingerprint density at radius 3 is 2.95 bits per heavy atom. The maximum absolute atomic E-state index is 12.0. The van der Waals surface area contributed by atoms with Crippen LogP contribution in [-0.2, 0) is 14.3 Å². The van der Waals surface area contributed by atoms with Gasteiger partial charge < -0.3 is 20.5 Å². The fraction of sp³-hybridized carbons (Fsp3) is 0.500. The molecule has 3 atom stereocenters. The van der Waals surface area contributed by atoms with Gasteiger partial charge in [-0.2, -0.15) is 0 Å². The number of carbonyl (C=O) groups is 2. The highest BCUT2D eigenvalue weighted by molar-refractivity contribution is 7.10. The van der Waals surface area contributed by atoms with Crippen LogP contribution in [0.1, 0.15) is 17.3 Å². The number of ether oxygens (including phenoxy) is 1. The predicted octanol–water partition coefficient (Wildman–Crippen LogP) is 0.367. The van der Waals surface area contributed by atoms with Crippen molar-refractivity contribution < 1.29 is 19.4 Å². The number of nitrogens with one attached hydrogen (secondary N) is 2. The normalized spacial score (nSPS) is 24.1. The second kappa shape index (κ2) is 6.14. The lowest BCUT2D eigenvalue weighted by Gasteiger charge is -2.16. The van der Waals surface area contributed by atoms with E-state index in [1.54, 1.807) is 24.6 Å². The number of hydrogen-bond acceptors (Lipinski definition) is 5. The molecule has 2 heterocycles. The van der Waals surface area contributed by atoms with Crippen molar-refractivity contribution in [1.82, 2.24) is 10.6 Å². The molecule has 1 aliphatic rings. The Morgan fingerprint density at radius 1 is 1.63 bits per heavy atom. The van der Waals surface area contributed by atoms with E-state index in [0.29, 0.717) is 17.8 Å². The van der Waals surface area contributed by atoms with E-state index in [1.807, 2.05) is 0 Å². The zero-order valence-corrected chi connectivity index (χ0v) is 11.3. The minimum absolute atomic E-state index is 0.000709. The number of rotatable bonds is 5. The predicted molar refractivity (Wildman–Crippen MR) is 70.0 cm³/mol. The van der Waals surface area contributed by atoms with Crippen molar-refractivity contribution in [3.63, 3.8) is 0 Å². The van der Waals surface area contributed by atoms with Gasteiger partial charge in [0.15, 0.2) is 6.04 Å². The van der Waals surface area contributed by atoms with E-state index >= 15 is 0 Å². The summed E-state index contributed by atoms with van der Waals surface area (Å²) in [4.78, 5) is 23.9. The van der Waals surface area contributed by atoms with E-state index < -0.39 is 18.1 Å². The highest BCUT2D eigenvalue weighted by Gasteiger charge is 2.32. The van der Waals surface area contributed by atoms with E-state index in [0.717, 1.165) is 0 Å². The molecule has 0 bridgehead atoms. The summed E-state index contributed by atoms with van der Waals surface area (Å²) < 4.78 is 5.16. The summed E-state index contributed by atoms with van der Waals surface area (Å²) >= 11 is 1.31. The van der Waals surface area contributed by atoms with Crippen LogP contribution in [0.15, 0.2) is 17.5 Å². The smallest absolute Gasteiger partial charge is 0.331 e. The highest BCUT2D eigenvalue weighted by atomic mass is 32.1. The van der Waals surface area contributed by atoms with Crippen molar-refractivity contribution in [3.05, 3.63) is 22.4 Å². The van der Waals surface area contributed by atoms with Crippen LogP contribution >= 0.6 is 11.3 Å². The molecule has 0 aliphatic carbocycles. The summed E-state index contributed by atoms with van der Waals surface area (Å²) in [6.45, 7) is 0.603. The first-order chi connectivity index (χ1) is 9.11. The molecular formula is C12H16N2O4S. The summed E-state index contributed by atoms with van der Waals surface area (Å²) in [6, 6.07) is 2.07. The molecular weight excluding hydrogens is 268 g/mol. The van der Waals surface area contributed by atoms with Crippen molar-refractivity contribution in [2.24, 2.45) is 0 Å². The fourth-order valence-electron chi connectivity index (χ4n) is 2.04. The second-order valence-electron chi connectivity index (χ2n) is 4.35. The number of methoxy groups -OCH3 is 1. The summed E-state index contributed by atoms with van der Waals surface area (Å²) in [6.07, 6.45) is 0.555. The van der Waals surface area contributed by atoms with E-state index in [1.165, 1.54) is 11.3 Å². The number of amides is 1. The van der Waals surface area contributed by atoms with Crippen LogP contribution in [0.2, 0.25) is 0 Å². The first kappa shape index (κ1) is 14.0. The van der Waals surface area contributed by atoms with Gasteiger partial charge in [-0.3, -0.25) is 4.79 Å². The first-order valence-corrected chi connectivity index (χ1v) is 6.82. The van der Waals surface area contributed by atoms with Crippen LogP contribution in [0.5, 0.6) is 0 Å². The van der Waals surface area contributed by atoms with Gasteiger partial charge >= 0.3 is 5.97 Å². The molecule has 1 aliphatic heterocycles. The van der Waals surface area contributed by atoms with E-state index in [9.17, 15) is 14.7 Å². The summed E-state index contributed by atoms with van der Waals surface area (Å²) in [5.41, 5.74) is 0. The number of hydrogen-bond donors (Lipinski definition) is 3. The van der Waals surface area contributed by atoms with Gasteiger partial charge in [-0.1, -0.05) is 6.07 Å². The lowest BCUT2D eigenvalue weighted by Crippen LogP contribution is -2.43. The van der Waals surface area contributed by atoms with Crippen molar-refractivity contribution in [2.75, 3.05) is 13.7 Å². The zero-order chi connectivity index (χ0) is 13.8. The minimum Gasteiger partial charge on any atom is -0.479 e. The van der Waals surface area contributed by atoms with Gasteiger partial charge in [0.2, 0.25) is 5.91 Å². The van der Waals surface area contributed by atoms with Crippen LogP contribution < -0.4 is 10.6 Å². The number of carbonyl (C=O) groups excluding carboxylic acids is 1. The van der Waals surface area contributed by atoms with Crippen LogP contribution in [-0.4, -0.2) is 42.8 Å². The van der Waals surface area contributed by atoms with Crippen molar-refractivity contribution in [2.45, 2.75) is 24.6 Å². The van der Waals surface area contributed by atoms with Crippen LogP contribution in [0.3, 0.4) is 0 Å². The van der Waals surface area contributed by atoms with Crippen molar-refractivity contribution >= 4 is 23.2 Å². The Bertz CT molecular complexity index is 449. The van der Waals surface area contributed by atoms with Crippen molar-refractivity contribution in [1.29, 1.82) is 0 Å². The number of thiophene rings is 1. The third-order valence-electron chi connectivity index (χ3n) is 3.10. The van der Waals surface area contributed by atoms with Crippen LogP contribution in [0, 0.1) is 0 Å².